The minimum Gasteiger partial charge on any atom is -0.453 e. The number of nitrogens with zero attached hydrogens (tertiary/aromatic N) is 2. The Morgan fingerprint density at radius 3 is 2.62 bits per heavy atom. The third-order valence-corrected chi connectivity index (χ3v) is 4.87. The summed E-state index contributed by atoms with van der Waals surface area (Å²) in [6, 6.07) is 4.70. The second kappa shape index (κ2) is 7.30. The van der Waals surface area contributed by atoms with Crippen molar-refractivity contribution in [3.05, 3.63) is 39.4 Å². The van der Waals surface area contributed by atoms with E-state index >= 15 is 0 Å². The Balaban J connectivity index is 0.00000100. The van der Waals surface area contributed by atoms with Gasteiger partial charge in [-0.1, -0.05) is 26.3 Å². The molecule has 1 aliphatic carbocycles. The second-order valence-electron chi connectivity index (χ2n) is 6.45. The standard InChI is InChI=1S/C16H20N2O4.C2H6/c1-17(2)14-5-3-4-8-16(14)10-11-6-7-12(18(20)21)9-13(11)15(19)22-16;1-2/h6-7,9,14H,3-5,8,10H2,1-2H3;1-2H3. The smallest absolute Gasteiger partial charge is 0.339 e. The van der Waals surface area contributed by atoms with Crippen molar-refractivity contribution < 1.29 is 14.5 Å². The fourth-order valence-corrected chi connectivity index (χ4v) is 3.87. The lowest BCUT2D eigenvalue weighted by molar-refractivity contribution is -0.384. The predicted molar refractivity (Wildman–Crippen MR) is 92.2 cm³/mol. The topological polar surface area (TPSA) is 72.7 Å². The van der Waals surface area contributed by atoms with Gasteiger partial charge in [-0.2, -0.15) is 0 Å². The van der Waals surface area contributed by atoms with E-state index in [1.54, 1.807) is 6.07 Å². The van der Waals surface area contributed by atoms with Crippen LogP contribution in [0.15, 0.2) is 18.2 Å². The van der Waals surface area contributed by atoms with Gasteiger partial charge in [0, 0.05) is 24.6 Å². The Hall–Kier alpha value is -1.95. The number of benzene rings is 1. The number of hydrogen-bond donors (Lipinski definition) is 0. The van der Waals surface area contributed by atoms with Crippen LogP contribution in [0.5, 0.6) is 0 Å². The number of rotatable bonds is 2. The van der Waals surface area contributed by atoms with E-state index < -0.39 is 16.5 Å². The summed E-state index contributed by atoms with van der Waals surface area (Å²) in [5, 5.41) is 10.9. The largest absolute Gasteiger partial charge is 0.453 e. The van der Waals surface area contributed by atoms with Crippen LogP contribution in [-0.2, 0) is 11.2 Å². The zero-order valence-corrected chi connectivity index (χ0v) is 14.9. The number of carbonyl (C=O) groups is 1. The van der Waals surface area contributed by atoms with Crippen LogP contribution >= 0.6 is 0 Å². The molecule has 2 atom stereocenters. The molecule has 0 saturated heterocycles. The summed E-state index contributed by atoms with van der Waals surface area (Å²) in [5.74, 6) is -0.432. The number of ether oxygens (including phenoxy) is 1. The van der Waals surface area contributed by atoms with Gasteiger partial charge in [0.25, 0.3) is 5.69 Å². The minimum absolute atomic E-state index is 0.0700. The van der Waals surface area contributed by atoms with Crippen molar-refractivity contribution in [3.63, 3.8) is 0 Å². The highest BCUT2D eigenvalue weighted by molar-refractivity contribution is 5.93. The van der Waals surface area contributed by atoms with Gasteiger partial charge >= 0.3 is 5.97 Å². The Kier molecular flexibility index (Phi) is 5.59. The van der Waals surface area contributed by atoms with Gasteiger partial charge in [-0.25, -0.2) is 4.79 Å². The van der Waals surface area contributed by atoms with Crippen molar-refractivity contribution in [2.24, 2.45) is 0 Å². The fraction of sp³-hybridized carbons (Fsp3) is 0.611. The van der Waals surface area contributed by atoms with Crippen LogP contribution in [0.25, 0.3) is 0 Å². The van der Waals surface area contributed by atoms with E-state index in [2.05, 4.69) is 4.90 Å². The first kappa shape index (κ1) is 18.4. The molecule has 1 aromatic carbocycles. The maximum absolute atomic E-state index is 12.4. The Morgan fingerprint density at radius 2 is 2.00 bits per heavy atom. The molecule has 0 radical (unpaired) electrons. The highest BCUT2D eigenvalue weighted by Crippen LogP contribution is 2.41. The van der Waals surface area contributed by atoms with Crippen molar-refractivity contribution >= 4 is 11.7 Å². The van der Waals surface area contributed by atoms with Gasteiger partial charge in [-0.05, 0) is 38.9 Å². The molecule has 132 valence electrons. The molecule has 2 unspecified atom stereocenters. The average molecular weight is 334 g/mol. The van der Waals surface area contributed by atoms with Crippen molar-refractivity contribution in [1.29, 1.82) is 0 Å². The van der Waals surface area contributed by atoms with Gasteiger partial charge in [0.2, 0.25) is 0 Å². The summed E-state index contributed by atoms with van der Waals surface area (Å²) >= 11 is 0. The molecular weight excluding hydrogens is 308 g/mol. The quantitative estimate of drug-likeness (QED) is 0.469. The fourth-order valence-electron chi connectivity index (χ4n) is 3.87. The van der Waals surface area contributed by atoms with Crippen LogP contribution in [0.4, 0.5) is 5.69 Å². The van der Waals surface area contributed by atoms with Gasteiger partial charge in [0.15, 0.2) is 0 Å². The van der Waals surface area contributed by atoms with E-state index in [1.165, 1.54) is 12.1 Å². The van der Waals surface area contributed by atoms with Gasteiger partial charge in [0.1, 0.15) is 5.60 Å². The lowest BCUT2D eigenvalue weighted by atomic mass is 9.74. The molecule has 0 N–H and O–H groups in total. The molecule has 24 heavy (non-hydrogen) atoms. The van der Waals surface area contributed by atoms with Gasteiger partial charge < -0.3 is 9.64 Å². The number of nitro groups is 1. The van der Waals surface area contributed by atoms with E-state index in [0.717, 1.165) is 31.2 Å². The van der Waals surface area contributed by atoms with Gasteiger partial charge in [-0.3, -0.25) is 10.1 Å². The molecule has 1 saturated carbocycles. The summed E-state index contributed by atoms with van der Waals surface area (Å²) in [5.41, 5.74) is 0.625. The molecule has 1 spiro atoms. The lowest BCUT2D eigenvalue weighted by Crippen LogP contribution is -2.57. The lowest BCUT2D eigenvalue weighted by Gasteiger charge is -2.48. The molecular formula is C18H26N2O4. The first-order valence-electron chi connectivity index (χ1n) is 8.60. The number of likely N-dealkylation sites (N-methyl/N-ethyl adjacent to an activating group) is 1. The highest BCUT2D eigenvalue weighted by Gasteiger charge is 2.48. The van der Waals surface area contributed by atoms with E-state index in [-0.39, 0.29) is 11.7 Å². The normalized spacial score (nSPS) is 25.5. The van der Waals surface area contributed by atoms with Crippen molar-refractivity contribution in [3.8, 4) is 0 Å². The van der Waals surface area contributed by atoms with Crippen molar-refractivity contribution in [1.82, 2.24) is 4.90 Å². The number of carbonyl (C=O) groups excluding carboxylic acids is 1. The Bertz CT molecular complexity index is 629. The predicted octanol–water partition coefficient (Wildman–Crippen LogP) is 3.58. The molecule has 0 aromatic heterocycles. The van der Waals surface area contributed by atoms with Crippen LogP contribution < -0.4 is 0 Å². The summed E-state index contributed by atoms with van der Waals surface area (Å²) in [6.07, 6.45) is 4.66. The molecule has 3 rings (SSSR count). The van der Waals surface area contributed by atoms with E-state index in [9.17, 15) is 14.9 Å². The van der Waals surface area contributed by atoms with Crippen molar-refractivity contribution in [2.75, 3.05) is 14.1 Å². The summed E-state index contributed by atoms with van der Waals surface area (Å²) in [6.45, 7) is 4.00. The molecule has 0 amide bonds. The Labute approximate surface area is 142 Å². The Morgan fingerprint density at radius 1 is 1.29 bits per heavy atom. The number of esters is 1. The zero-order valence-electron chi connectivity index (χ0n) is 14.9. The average Bonchev–Trinajstić information content (AvgIpc) is 2.56. The van der Waals surface area contributed by atoms with Crippen LogP contribution in [-0.4, -0.2) is 41.5 Å². The number of non-ortho nitro benzene ring substituents is 1. The molecule has 6 nitrogen and oxygen atoms in total. The van der Waals surface area contributed by atoms with Crippen LogP contribution in [0.1, 0.15) is 55.5 Å². The maximum atomic E-state index is 12.4. The van der Waals surface area contributed by atoms with E-state index in [1.807, 2.05) is 27.9 Å². The van der Waals surface area contributed by atoms with Gasteiger partial charge in [-0.15, -0.1) is 0 Å². The number of hydrogen-bond acceptors (Lipinski definition) is 5. The maximum Gasteiger partial charge on any atom is 0.339 e. The molecule has 6 heteroatoms. The summed E-state index contributed by atoms with van der Waals surface area (Å²) in [4.78, 5) is 25.0. The van der Waals surface area contributed by atoms with Crippen LogP contribution in [0.2, 0.25) is 0 Å². The molecule has 1 heterocycles. The number of fused-ring (bicyclic) bond motifs is 1. The molecule has 1 fully saturated rings. The third kappa shape index (κ3) is 3.29. The van der Waals surface area contributed by atoms with E-state index in [0.29, 0.717) is 12.0 Å². The first-order valence-corrected chi connectivity index (χ1v) is 8.60. The molecule has 1 aromatic rings. The monoisotopic (exact) mass is 334 g/mol. The van der Waals surface area contributed by atoms with Crippen LogP contribution in [0.3, 0.4) is 0 Å². The molecule has 1 aliphatic heterocycles. The van der Waals surface area contributed by atoms with E-state index in [4.69, 9.17) is 4.74 Å². The minimum atomic E-state index is -0.498. The van der Waals surface area contributed by atoms with Gasteiger partial charge in [0.05, 0.1) is 10.5 Å². The molecule has 2 aliphatic rings. The third-order valence-electron chi connectivity index (χ3n) is 4.87. The second-order valence-corrected chi connectivity index (χ2v) is 6.45. The highest BCUT2D eigenvalue weighted by atomic mass is 16.6. The number of nitro benzene ring substituents is 1. The summed E-state index contributed by atoms with van der Waals surface area (Å²) < 4.78 is 5.85. The first-order chi connectivity index (χ1) is 11.4. The summed E-state index contributed by atoms with van der Waals surface area (Å²) in [7, 11) is 4.02. The molecule has 0 bridgehead atoms. The zero-order chi connectivity index (χ0) is 17.9. The van der Waals surface area contributed by atoms with Crippen LogP contribution in [0, 0.1) is 10.1 Å². The SMILES string of the molecule is CC.CN(C)C1CCCCC12Cc1ccc([N+](=O)[O-])cc1C(=O)O2. The van der Waals surface area contributed by atoms with Crippen molar-refractivity contribution in [2.45, 2.75) is 57.6 Å².